The Balaban J connectivity index is 2.40. The van der Waals surface area contributed by atoms with Crippen molar-refractivity contribution in [2.24, 2.45) is 11.3 Å². The molecule has 130 valence electrons. The zero-order chi connectivity index (χ0) is 17.3. The predicted octanol–water partition coefficient (Wildman–Crippen LogP) is 1.91. The maximum atomic E-state index is 12.4. The van der Waals surface area contributed by atoms with E-state index in [1.54, 1.807) is 0 Å². The molecule has 6 nitrogen and oxygen atoms in total. The SMILES string of the molecule is COC(=O)C1(C(=O)OC)CC(/C=C/[Si](C)(C)C)C2(C1)OCCO2. The van der Waals surface area contributed by atoms with Crippen LogP contribution in [0.1, 0.15) is 12.8 Å². The molecule has 1 heterocycles. The third kappa shape index (κ3) is 3.36. The number of hydrogen-bond acceptors (Lipinski definition) is 6. The average molecular weight is 342 g/mol. The van der Waals surface area contributed by atoms with E-state index in [4.69, 9.17) is 18.9 Å². The highest BCUT2D eigenvalue weighted by atomic mass is 28.3. The van der Waals surface area contributed by atoms with E-state index in [-0.39, 0.29) is 18.8 Å². The molecule has 1 saturated heterocycles. The number of esters is 2. The van der Waals surface area contributed by atoms with Crippen LogP contribution in [0.2, 0.25) is 19.6 Å². The van der Waals surface area contributed by atoms with Crippen LogP contribution in [0.5, 0.6) is 0 Å². The molecule has 7 heteroatoms. The van der Waals surface area contributed by atoms with Gasteiger partial charge in [0.25, 0.3) is 0 Å². The van der Waals surface area contributed by atoms with Gasteiger partial charge in [-0.25, -0.2) is 0 Å². The molecular weight excluding hydrogens is 316 g/mol. The Hall–Kier alpha value is -1.18. The maximum Gasteiger partial charge on any atom is 0.323 e. The molecule has 2 aliphatic rings. The van der Waals surface area contributed by atoms with E-state index in [9.17, 15) is 9.59 Å². The first-order chi connectivity index (χ1) is 10.7. The summed E-state index contributed by atoms with van der Waals surface area (Å²) < 4.78 is 21.5. The Bertz CT molecular complexity index is 485. The highest BCUT2D eigenvalue weighted by Crippen LogP contribution is 2.54. The van der Waals surface area contributed by atoms with E-state index < -0.39 is 31.2 Å². The van der Waals surface area contributed by atoms with Crippen LogP contribution in [-0.2, 0) is 28.5 Å². The molecule has 1 saturated carbocycles. The summed E-state index contributed by atoms with van der Waals surface area (Å²) in [6, 6.07) is 0. The molecule has 0 N–H and O–H groups in total. The van der Waals surface area contributed by atoms with E-state index in [2.05, 4.69) is 25.3 Å². The molecule has 2 fully saturated rings. The first-order valence-corrected chi connectivity index (χ1v) is 11.4. The predicted molar refractivity (Wildman–Crippen MR) is 86.3 cm³/mol. The fourth-order valence-electron chi connectivity index (χ4n) is 3.35. The van der Waals surface area contributed by atoms with Crippen LogP contribution < -0.4 is 0 Å². The van der Waals surface area contributed by atoms with Gasteiger partial charge in [-0.2, -0.15) is 0 Å². The average Bonchev–Trinajstić information content (AvgIpc) is 3.09. The summed E-state index contributed by atoms with van der Waals surface area (Å²) in [4.78, 5) is 24.7. The molecule has 1 unspecified atom stereocenters. The molecule has 0 radical (unpaired) electrons. The third-order valence-electron chi connectivity index (χ3n) is 4.44. The topological polar surface area (TPSA) is 71.1 Å². The summed E-state index contributed by atoms with van der Waals surface area (Å²) in [5.41, 5.74) is 0.817. The van der Waals surface area contributed by atoms with Gasteiger partial charge in [-0.1, -0.05) is 31.4 Å². The Morgan fingerprint density at radius 3 is 2.04 bits per heavy atom. The van der Waals surface area contributed by atoms with Crippen molar-refractivity contribution in [3.05, 3.63) is 11.8 Å². The van der Waals surface area contributed by atoms with Crippen molar-refractivity contribution >= 4 is 20.0 Å². The molecule has 1 atom stereocenters. The van der Waals surface area contributed by atoms with Crippen molar-refractivity contribution in [3.8, 4) is 0 Å². The van der Waals surface area contributed by atoms with Crippen molar-refractivity contribution in [1.29, 1.82) is 0 Å². The van der Waals surface area contributed by atoms with Crippen molar-refractivity contribution in [3.63, 3.8) is 0 Å². The highest BCUT2D eigenvalue weighted by molar-refractivity contribution is 6.80. The Labute approximate surface area is 138 Å². The van der Waals surface area contributed by atoms with E-state index in [0.29, 0.717) is 13.2 Å². The lowest BCUT2D eigenvalue weighted by molar-refractivity contribution is -0.187. The van der Waals surface area contributed by atoms with Gasteiger partial charge in [-0.15, -0.1) is 0 Å². The van der Waals surface area contributed by atoms with Crippen LogP contribution >= 0.6 is 0 Å². The van der Waals surface area contributed by atoms with Crippen LogP contribution in [0.4, 0.5) is 0 Å². The van der Waals surface area contributed by atoms with Crippen LogP contribution in [-0.4, -0.2) is 53.2 Å². The maximum absolute atomic E-state index is 12.4. The molecule has 23 heavy (non-hydrogen) atoms. The summed E-state index contributed by atoms with van der Waals surface area (Å²) in [5, 5.41) is 0. The molecule has 0 amide bonds. The zero-order valence-corrected chi connectivity index (χ0v) is 15.5. The van der Waals surface area contributed by atoms with Gasteiger partial charge in [0.1, 0.15) is 0 Å². The minimum atomic E-state index is -1.43. The third-order valence-corrected chi connectivity index (χ3v) is 5.63. The monoisotopic (exact) mass is 342 g/mol. The van der Waals surface area contributed by atoms with Crippen LogP contribution in [0.15, 0.2) is 11.8 Å². The first kappa shape index (κ1) is 18.2. The van der Waals surface area contributed by atoms with Crippen LogP contribution in [0.3, 0.4) is 0 Å². The van der Waals surface area contributed by atoms with E-state index in [0.717, 1.165) is 0 Å². The van der Waals surface area contributed by atoms with Crippen molar-refractivity contribution in [1.82, 2.24) is 0 Å². The van der Waals surface area contributed by atoms with Gasteiger partial charge in [-0.05, 0) is 6.42 Å². The van der Waals surface area contributed by atoms with Gasteiger partial charge in [0, 0.05) is 12.3 Å². The second-order valence-electron chi connectivity index (χ2n) is 7.29. The molecule has 0 aromatic heterocycles. The molecule has 1 spiro atoms. The van der Waals surface area contributed by atoms with Gasteiger partial charge in [0.2, 0.25) is 0 Å². The molecule has 0 aromatic rings. The molecule has 0 bridgehead atoms. The normalized spacial score (nSPS) is 25.9. The molecular formula is C16H26O6Si. The number of rotatable bonds is 4. The molecule has 1 aliphatic heterocycles. The first-order valence-electron chi connectivity index (χ1n) is 7.83. The summed E-state index contributed by atoms with van der Waals surface area (Å²) in [7, 11) is 1.12. The second-order valence-corrected chi connectivity index (χ2v) is 12.4. The van der Waals surface area contributed by atoms with Crippen molar-refractivity contribution < 1.29 is 28.5 Å². The number of ether oxygens (including phenoxy) is 4. The summed E-state index contributed by atoms with van der Waals surface area (Å²) in [6.07, 6.45) is 2.44. The van der Waals surface area contributed by atoms with E-state index in [1.807, 2.05) is 6.08 Å². The smallest absolute Gasteiger partial charge is 0.323 e. The Morgan fingerprint density at radius 1 is 1.09 bits per heavy atom. The number of carbonyl (C=O) groups excluding carboxylic acids is 2. The molecule has 2 rings (SSSR count). The minimum absolute atomic E-state index is 0.125. The molecule has 1 aliphatic carbocycles. The fourth-order valence-corrected chi connectivity index (χ4v) is 4.16. The Morgan fingerprint density at radius 2 is 1.61 bits per heavy atom. The minimum Gasteiger partial charge on any atom is -0.468 e. The van der Waals surface area contributed by atoms with Crippen molar-refractivity contribution in [2.75, 3.05) is 27.4 Å². The number of methoxy groups -OCH3 is 2. The summed E-state index contributed by atoms with van der Waals surface area (Å²) >= 11 is 0. The van der Waals surface area contributed by atoms with Crippen molar-refractivity contribution in [2.45, 2.75) is 38.3 Å². The lowest BCUT2D eigenvalue weighted by Gasteiger charge is -2.28. The van der Waals surface area contributed by atoms with Crippen LogP contribution in [0.25, 0.3) is 0 Å². The molecule has 0 aromatic carbocycles. The lowest BCUT2D eigenvalue weighted by atomic mass is 9.85. The summed E-state index contributed by atoms with van der Waals surface area (Å²) in [5.74, 6) is -2.31. The van der Waals surface area contributed by atoms with Gasteiger partial charge in [0.05, 0.1) is 35.5 Å². The Kier molecular flexibility index (Phi) is 5.03. The quantitative estimate of drug-likeness (QED) is 0.441. The standard InChI is InChI=1S/C16H26O6Si/c1-19-13(17)15(14(18)20-2)10-12(6-9-23(3,4)5)16(11-15)21-7-8-22-16/h6,9,12H,7-8,10-11H2,1-5H3/b9-6+. The number of hydrogen-bond donors (Lipinski definition) is 0. The fraction of sp³-hybridized carbons (Fsp3) is 0.750. The van der Waals surface area contributed by atoms with E-state index in [1.165, 1.54) is 14.2 Å². The second kappa shape index (κ2) is 6.37. The summed E-state index contributed by atoms with van der Waals surface area (Å²) in [6.45, 7) is 7.56. The van der Waals surface area contributed by atoms with E-state index >= 15 is 0 Å². The lowest BCUT2D eigenvalue weighted by Crippen LogP contribution is -2.42. The van der Waals surface area contributed by atoms with Crippen LogP contribution in [0, 0.1) is 11.3 Å². The van der Waals surface area contributed by atoms with Gasteiger partial charge in [-0.3, -0.25) is 9.59 Å². The highest BCUT2D eigenvalue weighted by Gasteiger charge is 2.65. The van der Waals surface area contributed by atoms with Gasteiger partial charge in [0.15, 0.2) is 11.2 Å². The largest absolute Gasteiger partial charge is 0.468 e. The van der Waals surface area contributed by atoms with Gasteiger partial charge < -0.3 is 18.9 Å². The number of carbonyl (C=O) groups is 2. The zero-order valence-electron chi connectivity index (χ0n) is 14.5. The van der Waals surface area contributed by atoms with Gasteiger partial charge >= 0.3 is 11.9 Å².